The van der Waals surface area contributed by atoms with Gasteiger partial charge < -0.3 is 24.3 Å². The molecule has 2 fully saturated rings. The SMILES string of the molecule is C=CC(=C)N1CCN(c2nc(OC[C@@H]3CCCN3C)nc3c2CCCN(c2cccc(F)c2C(F)(F)F)C3)C[C@@H]1CC#N. The highest BCUT2D eigenvalue weighted by molar-refractivity contribution is 5.58. The smallest absolute Gasteiger partial charge is 0.421 e. The molecule has 12 heteroatoms. The molecular weight excluding hydrogens is 562 g/mol. The number of likely N-dealkylation sites (tertiary alicyclic amines) is 1. The summed E-state index contributed by atoms with van der Waals surface area (Å²) in [6.45, 7) is 11.3. The van der Waals surface area contributed by atoms with Crippen LogP contribution in [0.5, 0.6) is 6.01 Å². The van der Waals surface area contributed by atoms with Gasteiger partial charge >= 0.3 is 12.2 Å². The van der Waals surface area contributed by atoms with Gasteiger partial charge in [0.1, 0.15) is 23.8 Å². The monoisotopic (exact) mass is 599 g/mol. The molecule has 3 aliphatic rings. The fourth-order valence-corrected chi connectivity index (χ4v) is 6.36. The summed E-state index contributed by atoms with van der Waals surface area (Å²) in [6, 6.07) is 5.96. The van der Waals surface area contributed by atoms with Crippen molar-refractivity contribution >= 4 is 11.5 Å². The lowest BCUT2D eigenvalue weighted by atomic mass is 10.1. The van der Waals surface area contributed by atoms with E-state index in [1.807, 2.05) is 7.05 Å². The molecule has 5 rings (SSSR count). The zero-order chi connectivity index (χ0) is 30.7. The standard InChI is InChI=1S/C31H37F4N7O/c1-4-21(2)42-17-16-41(18-22(42)12-13-36)29-24-9-7-15-40(27-11-5-10-25(32)28(27)31(33,34)35)19-26(24)37-30(38-29)43-20-23-8-6-14-39(23)3/h4-5,10-11,22-23H,1-2,6-9,12,14-20H2,3H3/t22-,23-/m0/s1. The van der Waals surface area contributed by atoms with Gasteiger partial charge in [0.25, 0.3) is 0 Å². The van der Waals surface area contributed by atoms with Crippen LogP contribution in [-0.4, -0.2) is 78.2 Å². The van der Waals surface area contributed by atoms with Crippen molar-refractivity contribution in [2.75, 3.05) is 56.2 Å². The van der Waals surface area contributed by atoms with E-state index in [1.165, 1.54) is 12.1 Å². The maximum atomic E-state index is 14.5. The Labute approximate surface area is 249 Å². The van der Waals surface area contributed by atoms with Crippen LogP contribution in [-0.2, 0) is 19.1 Å². The number of hydrogen-bond acceptors (Lipinski definition) is 8. The van der Waals surface area contributed by atoms with Crippen LogP contribution >= 0.6 is 0 Å². The summed E-state index contributed by atoms with van der Waals surface area (Å²) in [5.74, 6) is -0.631. The minimum Gasteiger partial charge on any atom is -0.462 e. The number of allylic oxidation sites excluding steroid dienone is 1. The molecule has 0 aliphatic carbocycles. The first-order chi connectivity index (χ1) is 20.6. The molecule has 0 spiro atoms. The van der Waals surface area contributed by atoms with E-state index in [4.69, 9.17) is 14.7 Å². The minimum atomic E-state index is -4.85. The molecule has 0 radical (unpaired) electrons. The summed E-state index contributed by atoms with van der Waals surface area (Å²) >= 11 is 0. The van der Waals surface area contributed by atoms with Gasteiger partial charge in [0, 0.05) is 43.5 Å². The van der Waals surface area contributed by atoms with Crippen molar-refractivity contribution in [2.45, 2.75) is 56.9 Å². The molecule has 0 bridgehead atoms. The van der Waals surface area contributed by atoms with E-state index in [-0.39, 0.29) is 43.3 Å². The number of fused-ring (bicyclic) bond motifs is 1. The molecule has 1 aromatic carbocycles. The zero-order valence-corrected chi connectivity index (χ0v) is 24.4. The number of benzene rings is 1. The lowest BCUT2D eigenvalue weighted by Crippen LogP contribution is -2.52. The first-order valence-electron chi connectivity index (χ1n) is 14.6. The summed E-state index contributed by atoms with van der Waals surface area (Å²) < 4.78 is 62.6. The van der Waals surface area contributed by atoms with E-state index in [9.17, 15) is 22.8 Å². The summed E-state index contributed by atoms with van der Waals surface area (Å²) in [7, 11) is 2.05. The van der Waals surface area contributed by atoms with Gasteiger partial charge in [-0.2, -0.15) is 28.4 Å². The number of halogens is 4. The zero-order valence-electron chi connectivity index (χ0n) is 24.4. The van der Waals surface area contributed by atoms with E-state index in [0.717, 1.165) is 36.7 Å². The van der Waals surface area contributed by atoms with Gasteiger partial charge in [0.15, 0.2) is 0 Å². The largest absolute Gasteiger partial charge is 0.462 e. The Kier molecular flexibility index (Phi) is 9.11. The number of hydrogen-bond donors (Lipinski definition) is 0. The fraction of sp³-hybridized carbons (Fsp3) is 0.516. The molecular formula is C31H37F4N7O. The van der Waals surface area contributed by atoms with E-state index in [2.05, 4.69) is 33.9 Å². The fourth-order valence-electron chi connectivity index (χ4n) is 6.36. The maximum Gasteiger partial charge on any atom is 0.421 e. The Bertz CT molecular complexity index is 1390. The van der Waals surface area contributed by atoms with Crippen LogP contribution < -0.4 is 14.5 Å². The van der Waals surface area contributed by atoms with Crippen LogP contribution in [0.1, 0.15) is 42.5 Å². The van der Waals surface area contributed by atoms with Gasteiger partial charge in [-0.3, -0.25) is 0 Å². The number of piperazine rings is 1. The number of anilines is 2. The average molecular weight is 600 g/mol. The van der Waals surface area contributed by atoms with Crippen molar-refractivity contribution in [1.29, 1.82) is 5.26 Å². The molecule has 8 nitrogen and oxygen atoms in total. The Morgan fingerprint density at radius 2 is 1.95 bits per heavy atom. The Balaban J connectivity index is 1.52. The highest BCUT2D eigenvalue weighted by Gasteiger charge is 2.39. The first kappa shape index (κ1) is 30.6. The summed E-state index contributed by atoms with van der Waals surface area (Å²) in [6.07, 6.45) is 0.239. The van der Waals surface area contributed by atoms with Crippen LogP contribution in [0.25, 0.3) is 0 Å². The third-order valence-electron chi connectivity index (χ3n) is 8.65. The number of aromatic nitrogens is 2. The summed E-state index contributed by atoms with van der Waals surface area (Å²) in [4.78, 5) is 17.6. The molecule has 4 heterocycles. The number of rotatable bonds is 8. The third kappa shape index (κ3) is 6.56. The molecule has 3 aliphatic heterocycles. The highest BCUT2D eigenvalue weighted by Crippen LogP contribution is 2.40. The van der Waals surface area contributed by atoms with Gasteiger partial charge in [-0.1, -0.05) is 19.2 Å². The number of ether oxygens (including phenoxy) is 1. The minimum absolute atomic E-state index is 0.0476. The molecule has 0 saturated carbocycles. The molecule has 1 aromatic heterocycles. The van der Waals surface area contributed by atoms with Gasteiger partial charge in [0.05, 0.1) is 36.5 Å². The van der Waals surface area contributed by atoms with Crippen molar-refractivity contribution < 1.29 is 22.3 Å². The van der Waals surface area contributed by atoms with Crippen molar-refractivity contribution in [3.8, 4) is 12.1 Å². The Morgan fingerprint density at radius 1 is 1.14 bits per heavy atom. The number of alkyl halides is 3. The van der Waals surface area contributed by atoms with E-state index < -0.39 is 17.6 Å². The Hall–Kier alpha value is -3.85. The quantitative estimate of drug-likeness (QED) is 0.304. The van der Waals surface area contributed by atoms with Crippen LogP contribution in [0.15, 0.2) is 43.1 Å². The molecule has 2 saturated heterocycles. The van der Waals surface area contributed by atoms with Crippen molar-refractivity contribution in [2.24, 2.45) is 0 Å². The molecule has 2 aromatic rings. The number of nitrogens with zero attached hydrogens (tertiary/aromatic N) is 7. The second-order valence-electron chi connectivity index (χ2n) is 11.4. The van der Waals surface area contributed by atoms with Crippen LogP contribution in [0.2, 0.25) is 0 Å². The van der Waals surface area contributed by atoms with Crippen molar-refractivity contribution in [3.05, 3.63) is 65.8 Å². The lowest BCUT2D eigenvalue weighted by Gasteiger charge is -2.43. The summed E-state index contributed by atoms with van der Waals surface area (Å²) in [5, 5.41) is 9.54. The molecule has 230 valence electrons. The predicted octanol–water partition coefficient (Wildman–Crippen LogP) is 5.16. The second-order valence-corrected chi connectivity index (χ2v) is 11.4. The first-order valence-corrected chi connectivity index (χ1v) is 14.6. The van der Waals surface area contributed by atoms with Gasteiger partial charge in [-0.05, 0) is 57.5 Å². The topological polar surface area (TPSA) is 71.8 Å². The van der Waals surface area contributed by atoms with Gasteiger partial charge in [0.2, 0.25) is 0 Å². The van der Waals surface area contributed by atoms with Crippen LogP contribution in [0.4, 0.5) is 29.1 Å². The maximum absolute atomic E-state index is 14.5. The Morgan fingerprint density at radius 3 is 2.65 bits per heavy atom. The molecule has 0 unspecified atom stereocenters. The van der Waals surface area contributed by atoms with Gasteiger partial charge in [-0.25, -0.2) is 4.39 Å². The summed E-state index contributed by atoms with van der Waals surface area (Å²) in [5.41, 5.74) is 0.666. The molecule has 0 amide bonds. The molecule has 2 atom stereocenters. The molecule has 0 N–H and O–H groups in total. The van der Waals surface area contributed by atoms with Crippen molar-refractivity contribution in [3.63, 3.8) is 0 Å². The third-order valence-corrected chi connectivity index (χ3v) is 8.65. The second kappa shape index (κ2) is 12.8. The number of nitriles is 1. The predicted molar refractivity (Wildman–Crippen MR) is 156 cm³/mol. The van der Waals surface area contributed by atoms with Crippen molar-refractivity contribution in [1.82, 2.24) is 19.8 Å². The number of likely N-dealkylation sites (N-methyl/N-ethyl adjacent to an activating group) is 1. The van der Waals surface area contributed by atoms with E-state index in [0.29, 0.717) is 50.6 Å². The lowest BCUT2D eigenvalue weighted by molar-refractivity contribution is -0.139. The van der Waals surface area contributed by atoms with E-state index >= 15 is 0 Å². The average Bonchev–Trinajstić information content (AvgIpc) is 3.26. The van der Waals surface area contributed by atoms with Crippen LogP contribution in [0, 0.1) is 17.1 Å². The molecule has 43 heavy (non-hydrogen) atoms. The van der Waals surface area contributed by atoms with E-state index in [1.54, 1.807) is 11.0 Å². The highest BCUT2D eigenvalue weighted by atomic mass is 19.4. The normalized spacial score (nSPS) is 21.3. The van der Waals surface area contributed by atoms with Gasteiger partial charge in [-0.15, -0.1) is 0 Å². The van der Waals surface area contributed by atoms with Crippen LogP contribution in [0.3, 0.4) is 0 Å².